The predicted octanol–water partition coefficient (Wildman–Crippen LogP) is -0.0470. The third kappa shape index (κ3) is 4.35. The molecule has 0 bridgehead atoms. The number of aliphatic hydroxyl groups excluding tert-OH is 1. The maximum atomic E-state index is 8.12. The van der Waals surface area contributed by atoms with E-state index in [0.29, 0.717) is 0 Å². The summed E-state index contributed by atoms with van der Waals surface area (Å²) in [5.41, 5.74) is 0. The van der Waals surface area contributed by atoms with Crippen molar-refractivity contribution in [3.05, 3.63) is 0 Å². The maximum absolute atomic E-state index is 8.12. The van der Waals surface area contributed by atoms with Gasteiger partial charge in [-0.3, -0.25) is 0 Å². The Labute approximate surface area is 39.0 Å². The number of rotatable bonds is 2. The average molecular weight is 108 g/mol. The van der Waals surface area contributed by atoms with Gasteiger partial charge >= 0.3 is 0 Å². The molecule has 0 rings (SSSR count). The van der Waals surface area contributed by atoms with Crippen molar-refractivity contribution in [2.45, 2.75) is 13.0 Å². The quantitative estimate of drug-likeness (QED) is 0.384. The molecule has 0 spiro atoms. The maximum Gasteiger partial charge on any atom is 0.167 e. The van der Waals surface area contributed by atoms with E-state index in [1.165, 1.54) is 0 Å². The van der Waals surface area contributed by atoms with Crippen molar-refractivity contribution in [1.29, 1.82) is 0 Å². The van der Waals surface area contributed by atoms with Crippen molar-refractivity contribution < 1.29 is 10.2 Å². The second-order valence-electron chi connectivity index (χ2n) is 0.931. The molecule has 2 nitrogen and oxygen atoms in total. The van der Waals surface area contributed by atoms with Gasteiger partial charge < -0.3 is 10.2 Å². The third-order valence-electron chi connectivity index (χ3n) is 0.387. The fraction of sp³-hybridized carbons (Fsp3) is 1.00. The summed E-state index contributed by atoms with van der Waals surface area (Å²) >= 11 is 0. The summed E-state index contributed by atoms with van der Waals surface area (Å²) in [7, 11) is 0.282. The fourth-order valence-corrected chi connectivity index (χ4v) is 0.548. The molecule has 0 aliphatic heterocycles. The molecular weight excluding hydrogens is 99.0 g/mol. The molecule has 0 amide bonds. The zero-order valence-corrected chi connectivity index (χ0v) is 4.68. The van der Waals surface area contributed by atoms with Crippen molar-refractivity contribution in [3.8, 4) is 0 Å². The van der Waals surface area contributed by atoms with Crippen LogP contribution in [0.3, 0.4) is 0 Å². The second kappa shape index (κ2) is 3.54. The Balaban J connectivity index is 2.63. The van der Waals surface area contributed by atoms with Gasteiger partial charge in [-0.25, -0.2) is 0 Å². The highest BCUT2D eigenvalue weighted by atomic mass is 31.1. The fourth-order valence-electron chi connectivity index (χ4n) is 0.183. The lowest BCUT2D eigenvalue weighted by molar-refractivity contribution is 0.0372. The SMILES string of the molecule is CCPC(O)O. The van der Waals surface area contributed by atoms with Crippen LogP contribution >= 0.6 is 8.58 Å². The molecule has 1 unspecified atom stereocenters. The van der Waals surface area contributed by atoms with Crippen LogP contribution in [0.4, 0.5) is 0 Å². The minimum absolute atomic E-state index is 0.282. The van der Waals surface area contributed by atoms with Gasteiger partial charge in [-0.05, 0) is 6.16 Å². The lowest BCUT2D eigenvalue weighted by Crippen LogP contribution is -1.93. The van der Waals surface area contributed by atoms with Crippen LogP contribution in [0.5, 0.6) is 0 Å². The average Bonchev–Trinajstić information content (AvgIpc) is 1.35. The van der Waals surface area contributed by atoms with Crippen LogP contribution in [-0.4, -0.2) is 22.4 Å². The molecular formula is C3H9O2P. The highest BCUT2D eigenvalue weighted by Gasteiger charge is 1.88. The number of aliphatic hydroxyl groups is 2. The molecule has 0 saturated carbocycles. The smallest absolute Gasteiger partial charge is 0.167 e. The van der Waals surface area contributed by atoms with Gasteiger partial charge in [0.25, 0.3) is 0 Å². The van der Waals surface area contributed by atoms with E-state index in [2.05, 4.69) is 0 Å². The van der Waals surface area contributed by atoms with Crippen LogP contribution < -0.4 is 0 Å². The summed E-state index contributed by atoms with van der Waals surface area (Å²) in [6.07, 6.45) is 0.859. The summed E-state index contributed by atoms with van der Waals surface area (Å²) in [6, 6.07) is -1.07. The van der Waals surface area contributed by atoms with Crippen LogP contribution in [0.25, 0.3) is 0 Å². The van der Waals surface area contributed by atoms with E-state index >= 15 is 0 Å². The Morgan fingerprint density at radius 3 is 2.17 bits per heavy atom. The van der Waals surface area contributed by atoms with Gasteiger partial charge in [0.1, 0.15) is 0 Å². The first kappa shape index (κ1) is 6.35. The van der Waals surface area contributed by atoms with Crippen molar-refractivity contribution >= 4 is 8.58 Å². The molecule has 0 aliphatic carbocycles. The zero-order chi connectivity index (χ0) is 4.99. The Hall–Kier alpha value is 0.350. The summed E-state index contributed by atoms with van der Waals surface area (Å²) < 4.78 is 0. The highest BCUT2D eigenvalue weighted by Crippen LogP contribution is 2.10. The molecule has 38 valence electrons. The summed E-state index contributed by atoms with van der Waals surface area (Å²) in [5.74, 6) is 0. The molecule has 2 N–H and O–H groups in total. The van der Waals surface area contributed by atoms with E-state index in [1.54, 1.807) is 0 Å². The number of hydrogen-bond acceptors (Lipinski definition) is 2. The highest BCUT2D eigenvalue weighted by molar-refractivity contribution is 7.38. The van der Waals surface area contributed by atoms with Crippen molar-refractivity contribution in [2.24, 2.45) is 0 Å². The van der Waals surface area contributed by atoms with E-state index in [-0.39, 0.29) is 8.58 Å². The molecule has 3 heteroatoms. The van der Waals surface area contributed by atoms with Gasteiger partial charge in [0.05, 0.1) is 0 Å². The molecule has 0 fully saturated rings. The Kier molecular flexibility index (Phi) is 3.74. The molecule has 0 radical (unpaired) electrons. The lowest BCUT2D eigenvalue weighted by Gasteiger charge is -1.95. The predicted molar refractivity (Wildman–Crippen MR) is 27.1 cm³/mol. The van der Waals surface area contributed by atoms with E-state index in [1.807, 2.05) is 6.92 Å². The minimum Gasteiger partial charge on any atom is -0.365 e. The summed E-state index contributed by atoms with van der Waals surface area (Å²) in [6.45, 7) is 1.91. The molecule has 0 aliphatic rings. The molecule has 0 aromatic carbocycles. The Morgan fingerprint density at radius 2 is 2.17 bits per heavy atom. The van der Waals surface area contributed by atoms with Gasteiger partial charge in [-0.15, -0.1) is 0 Å². The van der Waals surface area contributed by atoms with Gasteiger partial charge in [-0.2, -0.15) is 0 Å². The second-order valence-corrected chi connectivity index (χ2v) is 2.56. The van der Waals surface area contributed by atoms with Crippen LogP contribution in [0.2, 0.25) is 0 Å². The zero-order valence-electron chi connectivity index (χ0n) is 3.68. The Bertz CT molecular complexity index is 30.0. The molecule has 1 atom stereocenters. The molecule has 0 heterocycles. The van der Waals surface area contributed by atoms with Gasteiger partial charge in [0.15, 0.2) is 6.03 Å². The summed E-state index contributed by atoms with van der Waals surface area (Å²) in [4.78, 5) is 0. The summed E-state index contributed by atoms with van der Waals surface area (Å²) in [5, 5.41) is 16.2. The van der Waals surface area contributed by atoms with Gasteiger partial charge in [-0.1, -0.05) is 15.5 Å². The first-order chi connectivity index (χ1) is 2.77. The number of hydrogen-bond donors (Lipinski definition) is 2. The lowest BCUT2D eigenvalue weighted by atomic mass is 11.0. The van der Waals surface area contributed by atoms with Crippen LogP contribution in [0.15, 0.2) is 0 Å². The molecule has 0 aromatic heterocycles. The molecule has 6 heavy (non-hydrogen) atoms. The monoisotopic (exact) mass is 108 g/mol. The van der Waals surface area contributed by atoms with Crippen LogP contribution in [0, 0.1) is 0 Å². The third-order valence-corrected chi connectivity index (χ3v) is 1.16. The molecule has 0 saturated heterocycles. The topological polar surface area (TPSA) is 40.5 Å². The van der Waals surface area contributed by atoms with Crippen molar-refractivity contribution in [2.75, 3.05) is 6.16 Å². The normalized spacial score (nSPS) is 12.0. The first-order valence-corrected chi connectivity index (χ1v) is 3.15. The molecule has 0 aromatic rings. The van der Waals surface area contributed by atoms with Gasteiger partial charge in [0.2, 0.25) is 0 Å². The van der Waals surface area contributed by atoms with Gasteiger partial charge in [0, 0.05) is 0 Å². The minimum atomic E-state index is -1.07. The van der Waals surface area contributed by atoms with Crippen molar-refractivity contribution in [3.63, 3.8) is 0 Å². The van der Waals surface area contributed by atoms with Crippen LogP contribution in [0.1, 0.15) is 6.92 Å². The van der Waals surface area contributed by atoms with Crippen molar-refractivity contribution in [1.82, 2.24) is 0 Å². The van der Waals surface area contributed by atoms with E-state index in [9.17, 15) is 0 Å². The Morgan fingerprint density at radius 1 is 1.67 bits per heavy atom. The standard InChI is InChI=1S/C3H9O2P/c1-2-6-3(4)5/h3-6H,2H2,1H3. The van der Waals surface area contributed by atoms with E-state index < -0.39 is 6.03 Å². The van der Waals surface area contributed by atoms with E-state index in [4.69, 9.17) is 10.2 Å². The first-order valence-electron chi connectivity index (χ1n) is 1.87. The van der Waals surface area contributed by atoms with E-state index in [0.717, 1.165) is 6.16 Å². The van der Waals surface area contributed by atoms with Crippen LogP contribution in [-0.2, 0) is 0 Å². The largest absolute Gasteiger partial charge is 0.365 e.